The molecule has 1 aliphatic rings. The van der Waals surface area contributed by atoms with Crippen LogP contribution in [0.4, 0.5) is 4.39 Å². The van der Waals surface area contributed by atoms with Gasteiger partial charge in [0.05, 0.1) is 11.4 Å². The molecule has 2 atom stereocenters. The molecule has 4 heteroatoms. The van der Waals surface area contributed by atoms with E-state index in [-0.39, 0.29) is 23.8 Å². The zero-order valence-electron chi connectivity index (χ0n) is 9.70. The summed E-state index contributed by atoms with van der Waals surface area (Å²) >= 11 is 3.21. The number of amides is 1. The van der Waals surface area contributed by atoms with Gasteiger partial charge >= 0.3 is 0 Å². The zero-order valence-corrected chi connectivity index (χ0v) is 11.3. The number of alkyl halides is 1. The number of rotatable bonds is 2. The van der Waals surface area contributed by atoms with E-state index in [1.54, 1.807) is 12.1 Å². The summed E-state index contributed by atoms with van der Waals surface area (Å²) in [7, 11) is 0. The first-order chi connectivity index (χ1) is 8.13. The maximum absolute atomic E-state index is 12.9. The second-order valence-corrected chi connectivity index (χ2v) is 4.99. The summed E-state index contributed by atoms with van der Waals surface area (Å²) in [6.45, 7) is 2.06. The zero-order chi connectivity index (χ0) is 12.4. The Labute approximate surface area is 109 Å². The molecule has 0 N–H and O–H groups in total. The van der Waals surface area contributed by atoms with Crippen molar-refractivity contribution in [1.29, 1.82) is 0 Å². The van der Waals surface area contributed by atoms with Crippen molar-refractivity contribution in [3.05, 3.63) is 35.6 Å². The standard InChI is InChI=1S/C13H15BrFNO/c1-9-2-7-12(16(9)13(17)8-14)10-3-5-11(15)6-4-10/h3-6,9,12H,2,7-8H2,1H3/t9-,12-/m0/s1. The normalized spacial score (nSPS) is 24.1. The summed E-state index contributed by atoms with van der Waals surface area (Å²) in [4.78, 5) is 13.8. The largest absolute Gasteiger partial charge is 0.332 e. The van der Waals surface area contributed by atoms with Crippen LogP contribution in [0.15, 0.2) is 24.3 Å². The van der Waals surface area contributed by atoms with Crippen molar-refractivity contribution < 1.29 is 9.18 Å². The fraction of sp³-hybridized carbons (Fsp3) is 0.462. The Morgan fingerprint density at radius 2 is 2.06 bits per heavy atom. The molecule has 0 bridgehead atoms. The number of halogens is 2. The second kappa shape index (κ2) is 5.17. The molecule has 1 amide bonds. The number of hydrogen-bond acceptors (Lipinski definition) is 1. The third kappa shape index (κ3) is 2.51. The van der Waals surface area contributed by atoms with Crippen molar-refractivity contribution in [3.63, 3.8) is 0 Å². The minimum absolute atomic E-state index is 0.0932. The van der Waals surface area contributed by atoms with Crippen LogP contribution in [-0.2, 0) is 4.79 Å². The molecule has 1 aromatic rings. The number of likely N-dealkylation sites (tertiary alicyclic amines) is 1. The fourth-order valence-corrected chi connectivity index (χ4v) is 2.77. The molecule has 0 aliphatic carbocycles. The van der Waals surface area contributed by atoms with Gasteiger partial charge in [-0.3, -0.25) is 4.79 Å². The number of hydrogen-bond donors (Lipinski definition) is 0. The predicted molar refractivity (Wildman–Crippen MR) is 68.5 cm³/mol. The van der Waals surface area contributed by atoms with E-state index in [0.29, 0.717) is 5.33 Å². The van der Waals surface area contributed by atoms with Crippen molar-refractivity contribution >= 4 is 21.8 Å². The Morgan fingerprint density at radius 1 is 1.41 bits per heavy atom. The Kier molecular flexibility index (Phi) is 3.82. The van der Waals surface area contributed by atoms with E-state index < -0.39 is 0 Å². The topological polar surface area (TPSA) is 20.3 Å². The van der Waals surface area contributed by atoms with Crippen molar-refractivity contribution in [1.82, 2.24) is 4.90 Å². The SMILES string of the molecule is C[C@H]1CC[C@@H](c2ccc(F)cc2)N1C(=O)CBr. The highest BCUT2D eigenvalue weighted by molar-refractivity contribution is 9.09. The first-order valence-electron chi connectivity index (χ1n) is 5.76. The quantitative estimate of drug-likeness (QED) is 0.768. The molecule has 92 valence electrons. The summed E-state index contributed by atoms with van der Waals surface area (Å²) in [6, 6.07) is 6.80. The molecular weight excluding hydrogens is 285 g/mol. The molecule has 2 rings (SSSR count). The summed E-state index contributed by atoms with van der Waals surface area (Å²) in [5.41, 5.74) is 1.02. The summed E-state index contributed by atoms with van der Waals surface area (Å²) in [6.07, 6.45) is 1.95. The Balaban J connectivity index is 2.25. The molecule has 0 spiro atoms. The first-order valence-corrected chi connectivity index (χ1v) is 6.88. The van der Waals surface area contributed by atoms with Crippen LogP contribution in [0.25, 0.3) is 0 Å². The van der Waals surface area contributed by atoms with Crippen molar-refractivity contribution in [3.8, 4) is 0 Å². The Bertz CT molecular complexity index is 406. The molecule has 1 heterocycles. The van der Waals surface area contributed by atoms with Gasteiger partial charge in [0.25, 0.3) is 0 Å². The van der Waals surface area contributed by atoms with Crippen LogP contribution in [0.1, 0.15) is 31.4 Å². The molecular formula is C13H15BrFNO. The van der Waals surface area contributed by atoms with Crippen molar-refractivity contribution in [2.24, 2.45) is 0 Å². The summed E-state index contributed by atoms with van der Waals surface area (Å²) in [5.74, 6) is -0.137. The first kappa shape index (κ1) is 12.6. The average Bonchev–Trinajstić information content (AvgIpc) is 2.71. The van der Waals surface area contributed by atoms with Crippen LogP contribution >= 0.6 is 15.9 Å². The fourth-order valence-electron chi connectivity index (χ4n) is 2.49. The van der Waals surface area contributed by atoms with E-state index >= 15 is 0 Å². The predicted octanol–water partition coefficient (Wildman–Crippen LogP) is 3.27. The van der Waals surface area contributed by atoms with Gasteiger partial charge in [-0.1, -0.05) is 28.1 Å². The molecule has 0 saturated carbocycles. The van der Waals surface area contributed by atoms with Gasteiger partial charge in [-0.2, -0.15) is 0 Å². The molecule has 2 nitrogen and oxygen atoms in total. The number of carbonyl (C=O) groups excluding carboxylic acids is 1. The van der Waals surface area contributed by atoms with Crippen LogP contribution in [0.5, 0.6) is 0 Å². The molecule has 0 radical (unpaired) electrons. The highest BCUT2D eigenvalue weighted by atomic mass is 79.9. The number of benzene rings is 1. The number of nitrogens with zero attached hydrogens (tertiary/aromatic N) is 1. The van der Waals surface area contributed by atoms with Gasteiger partial charge in [-0.25, -0.2) is 4.39 Å². The molecule has 17 heavy (non-hydrogen) atoms. The second-order valence-electron chi connectivity index (χ2n) is 4.43. The molecule has 1 aliphatic heterocycles. The third-order valence-corrected chi connectivity index (χ3v) is 3.81. The highest BCUT2D eigenvalue weighted by Gasteiger charge is 2.34. The van der Waals surface area contributed by atoms with Gasteiger partial charge < -0.3 is 4.90 Å². The van der Waals surface area contributed by atoms with E-state index in [2.05, 4.69) is 22.9 Å². The van der Waals surface area contributed by atoms with Crippen LogP contribution in [0.3, 0.4) is 0 Å². The molecule has 1 aromatic carbocycles. The number of carbonyl (C=O) groups is 1. The van der Waals surface area contributed by atoms with Crippen LogP contribution in [-0.4, -0.2) is 22.2 Å². The smallest absolute Gasteiger partial charge is 0.233 e. The van der Waals surface area contributed by atoms with Crippen LogP contribution in [0.2, 0.25) is 0 Å². The Hall–Kier alpha value is -0.900. The van der Waals surface area contributed by atoms with Gasteiger partial charge in [-0.05, 0) is 37.5 Å². The maximum Gasteiger partial charge on any atom is 0.233 e. The lowest BCUT2D eigenvalue weighted by Crippen LogP contribution is -2.36. The monoisotopic (exact) mass is 299 g/mol. The van der Waals surface area contributed by atoms with Gasteiger partial charge in [0.15, 0.2) is 0 Å². The van der Waals surface area contributed by atoms with Gasteiger partial charge in [0, 0.05) is 6.04 Å². The minimum Gasteiger partial charge on any atom is -0.332 e. The summed E-state index contributed by atoms with van der Waals surface area (Å²) < 4.78 is 12.9. The molecule has 1 saturated heterocycles. The lowest BCUT2D eigenvalue weighted by atomic mass is 10.0. The molecule has 0 aromatic heterocycles. The van der Waals surface area contributed by atoms with Gasteiger partial charge in [0.1, 0.15) is 5.82 Å². The van der Waals surface area contributed by atoms with E-state index in [1.807, 2.05) is 4.90 Å². The van der Waals surface area contributed by atoms with E-state index in [1.165, 1.54) is 12.1 Å². The molecule has 0 unspecified atom stereocenters. The lowest BCUT2D eigenvalue weighted by molar-refractivity contribution is -0.130. The van der Waals surface area contributed by atoms with E-state index in [9.17, 15) is 9.18 Å². The summed E-state index contributed by atoms with van der Waals surface area (Å²) in [5, 5.41) is 0.342. The highest BCUT2D eigenvalue weighted by Crippen LogP contribution is 2.36. The van der Waals surface area contributed by atoms with Crippen molar-refractivity contribution in [2.75, 3.05) is 5.33 Å². The van der Waals surface area contributed by atoms with Gasteiger partial charge in [0.2, 0.25) is 5.91 Å². The van der Waals surface area contributed by atoms with Gasteiger partial charge in [-0.15, -0.1) is 0 Å². The third-order valence-electron chi connectivity index (χ3n) is 3.33. The lowest BCUT2D eigenvalue weighted by Gasteiger charge is -2.28. The maximum atomic E-state index is 12.9. The van der Waals surface area contributed by atoms with Crippen LogP contribution in [0, 0.1) is 5.82 Å². The van der Waals surface area contributed by atoms with Crippen LogP contribution < -0.4 is 0 Å². The van der Waals surface area contributed by atoms with E-state index in [4.69, 9.17) is 0 Å². The average molecular weight is 300 g/mol. The minimum atomic E-state index is -0.238. The Morgan fingerprint density at radius 3 is 2.65 bits per heavy atom. The van der Waals surface area contributed by atoms with E-state index in [0.717, 1.165) is 18.4 Å². The van der Waals surface area contributed by atoms with Crippen molar-refractivity contribution in [2.45, 2.75) is 31.8 Å². The molecule has 1 fully saturated rings.